The van der Waals surface area contributed by atoms with Crippen LogP contribution in [0.25, 0.3) is 0 Å². The van der Waals surface area contributed by atoms with E-state index in [0.29, 0.717) is 6.42 Å². The van der Waals surface area contributed by atoms with Crippen LogP contribution >= 0.6 is 11.8 Å². The minimum atomic E-state index is -3.00. The lowest BCUT2D eigenvalue weighted by Gasteiger charge is -2.22. The summed E-state index contributed by atoms with van der Waals surface area (Å²) in [5.41, 5.74) is 0. The Bertz CT molecular complexity index is 321. The predicted molar refractivity (Wildman–Crippen MR) is 67.7 cm³/mol. The van der Waals surface area contributed by atoms with Crippen molar-refractivity contribution in [2.24, 2.45) is 0 Å². The summed E-state index contributed by atoms with van der Waals surface area (Å²) in [6, 6.07) is 0.232. The molecule has 0 saturated carbocycles. The van der Waals surface area contributed by atoms with Crippen molar-refractivity contribution in [1.29, 1.82) is 0 Å². The van der Waals surface area contributed by atoms with E-state index < -0.39 is 9.84 Å². The van der Waals surface area contributed by atoms with Gasteiger partial charge in [-0.2, -0.15) is 11.8 Å². The van der Waals surface area contributed by atoms with Gasteiger partial charge in [-0.05, 0) is 0 Å². The van der Waals surface area contributed by atoms with Gasteiger partial charge in [-0.3, -0.25) is 4.79 Å². The molecule has 0 aromatic rings. The van der Waals surface area contributed by atoms with E-state index in [1.165, 1.54) is 0 Å². The highest BCUT2D eigenvalue weighted by atomic mass is 32.2. The highest BCUT2D eigenvalue weighted by Gasteiger charge is 2.18. The zero-order valence-electron chi connectivity index (χ0n) is 9.57. The molecular weight excluding hydrogens is 246 g/mol. The summed E-state index contributed by atoms with van der Waals surface area (Å²) >= 11 is 1.84. The molecule has 16 heavy (non-hydrogen) atoms. The number of nitrogens with one attached hydrogen (secondary N) is 1. The Labute approximate surface area is 101 Å². The third-order valence-electron chi connectivity index (χ3n) is 2.60. The van der Waals surface area contributed by atoms with Crippen molar-refractivity contribution in [3.05, 3.63) is 0 Å². The summed E-state index contributed by atoms with van der Waals surface area (Å²) in [5, 5.41) is 3.27. The molecule has 94 valence electrons. The zero-order chi connectivity index (χ0) is 12.0. The molecule has 4 nitrogen and oxygen atoms in total. The summed E-state index contributed by atoms with van der Waals surface area (Å²) in [7, 11) is -3.00. The quantitative estimate of drug-likeness (QED) is 0.756. The Morgan fingerprint density at radius 2 is 2.25 bits per heavy atom. The number of hydrogen-bond donors (Lipinski definition) is 1. The number of ketones is 1. The molecule has 0 amide bonds. The van der Waals surface area contributed by atoms with Crippen molar-refractivity contribution in [1.82, 2.24) is 5.32 Å². The van der Waals surface area contributed by atoms with Crippen molar-refractivity contribution >= 4 is 27.4 Å². The maximum absolute atomic E-state index is 11.6. The monoisotopic (exact) mass is 265 g/mol. The molecule has 0 spiro atoms. The number of hydrogen-bond acceptors (Lipinski definition) is 5. The number of sulfone groups is 1. The fourth-order valence-electron chi connectivity index (χ4n) is 1.54. The Morgan fingerprint density at radius 1 is 1.50 bits per heavy atom. The van der Waals surface area contributed by atoms with Crippen LogP contribution in [-0.4, -0.2) is 49.8 Å². The van der Waals surface area contributed by atoms with Crippen molar-refractivity contribution in [3.8, 4) is 0 Å². The average molecular weight is 265 g/mol. The van der Waals surface area contributed by atoms with Crippen LogP contribution in [0.3, 0.4) is 0 Å². The van der Waals surface area contributed by atoms with Crippen molar-refractivity contribution in [3.63, 3.8) is 0 Å². The van der Waals surface area contributed by atoms with Crippen LogP contribution in [0.2, 0.25) is 0 Å². The molecule has 0 aromatic heterocycles. The molecule has 1 N–H and O–H groups in total. The van der Waals surface area contributed by atoms with Gasteiger partial charge in [0.15, 0.2) is 0 Å². The van der Waals surface area contributed by atoms with E-state index in [1.54, 1.807) is 6.92 Å². The molecule has 0 radical (unpaired) electrons. The molecular formula is C10H19NO3S2. The number of thioether (sulfide) groups is 1. The molecule has 1 heterocycles. The van der Waals surface area contributed by atoms with E-state index in [4.69, 9.17) is 0 Å². The first-order chi connectivity index (χ1) is 7.53. The van der Waals surface area contributed by atoms with Crippen LogP contribution in [-0.2, 0) is 14.6 Å². The Kier molecular flexibility index (Phi) is 5.78. The van der Waals surface area contributed by atoms with Crippen LogP contribution < -0.4 is 5.32 Å². The van der Waals surface area contributed by atoms with Gasteiger partial charge < -0.3 is 5.32 Å². The van der Waals surface area contributed by atoms with Crippen LogP contribution in [0.4, 0.5) is 0 Å². The number of Topliss-reactive ketones (excluding diaryl/α,β-unsaturated/α-hetero) is 1. The molecule has 0 bridgehead atoms. The van der Waals surface area contributed by atoms with Crippen LogP contribution in [0.15, 0.2) is 0 Å². The molecule has 1 aliphatic heterocycles. The molecule has 0 aliphatic carbocycles. The molecule has 0 aromatic carbocycles. The Morgan fingerprint density at radius 3 is 2.81 bits per heavy atom. The second-order valence-electron chi connectivity index (χ2n) is 3.96. The smallest absolute Gasteiger partial charge is 0.150 e. The number of carbonyl (C=O) groups excluding carboxylic acids is 1. The van der Waals surface area contributed by atoms with Crippen molar-refractivity contribution < 1.29 is 13.2 Å². The lowest BCUT2D eigenvalue weighted by molar-refractivity contribution is -0.119. The van der Waals surface area contributed by atoms with Crippen LogP contribution in [0.1, 0.15) is 19.8 Å². The van der Waals surface area contributed by atoms with E-state index in [1.807, 2.05) is 11.8 Å². The van der Waals surface area contributed by atoms with E-state index in [0.717, 1.165) is 18.1 Å². The van der Waals surface area contributed by atoms with Gasteiger partial charge in [0.25, 0.3) is 0 Å². The average Bonchev–Trinajstić information content (AvgIpc) is 2.28. The van der Waals surface area contributed by atoms with Crippen molar-refractivity contribution in [2.45, 2.75) is 25.8 Å². The van der Waals surface area contributed by atoms with Gasteiger partial charge in [0.05, 0.1) is 5.75 Å². The largest absolute Gasteiger partial charge is 0.312 e. The maximum Gasteiger partial charge on any atom is 0.150 e. The normalized spacial score (nSPS) is 21.9. The zero-order valence-corrected chi connectivity index (χ0v) is 11.2. The summed E-state index contributed by atoms with van der Waals surface area (Å²) in [5.74, 6) is 2.22. The lowest BCUT2D eigenvalue weighted by atomic mass is 10.1. The SMILES string of the molecule is CCS(=O)(=O)CCC(=O)CC1CSCCN1. The highest BCUT2D eigenvalue weighted by molar-refractivity contribution is 7.99. The van der Waals surface area contributed by atoms with Gasteiger partial charge in [0.2, 0.25) is 0 Å². The van der Waals surface area contributed by atoms with E-state index in [2.05, 4.69) is 5.32 Å². The summed E-state index contributed by atoms with van der Waals surface area (Å²) in [4.78, 5) is 11.6. The van der Waals surface area contributed by atoms with Gasteiger partial charge >= 0.3 is 0 Å². The van der Waals surface area contributed by atoms with E-state index in [9.17, 15) is 13.2 Å². The second kappa shape index (κ2) is 6.61. The first-order valence-corrected chi connectivity index (χ1v) is 8.54. The van der Waals surface area contributed by atoms with Gasteiger partial charge in [-0.1, -0.05) is 6.92 Å². The first kappa shape index (κ1) is 14.0. The first-order valence-electron chi connectivity index (χ1n) is 5.57. The molecule has 1 unspecified atom stereocenters. The standard InChI is InChI=1S/C10H19NO3S2/c1-2-16(13,14)6-3-10(12)7-9-8-15-5-4-11-9/h9,11H,2-8H2,1H3. The van der Waals surface area contributed by atoms with Gasteiger partial charge in [0, 0.05) is 42.7 Å². The highest BCUT2D eigenvalue weighted by Crippen LogP contribution is 2.11. The third kappa shape index (κ3) is 5.32. The van der Waals surface area contributed by atoms with E-state index >= 15 is 0 Å². The number of rotatable bonds is 6. The van der Waals surface area contributed by atoms with Gasteiger partial charge in [0.1, 0.15) is 15.6 Å². The molecule has 1 rings (SSSR count). The minimum Gasteiger partial charge on any atom is -0.312 e. The topological polar surface area (TPSA) is 63.2 Å². The minimum absolute atomic E-state index is 0.00218. The molecule has 1 saturated heterocycles. The molecule has 1 atom stereocenters. The van der Waals surface area contributed by atoms with Crippen LogP contribution in [0, 0.1) is 0 Å². The lowest BCUT2D eigenvalue weighted by Crippen LogP contribution is -2.39. The second-order valence-corrected chi connectivity index (χ2v) is 7.58. The van der Waals surface area contributed by atoms with E-state index in [-0.39, 0.29) is 29.8 Å². The third-order valence-corrected chi connectivity index (χ3v) is 5.44. The van der Waals surface area contributed by atoms with Gasteiger partial charge in [-0.15, -0.1) is 0 Å². The fraction of sp³-hybridized carbons (Fsp3) is 0.900. The predicted octanol–water partition coefficient (Wildman–Crippen LogP) is 0.475. The summed E-state index contributed by atoms with van der Waals surface area (Å²) in [6.45, 7) is 2.55. The fourth-order valence-corrected chi connectivity index (χ4v) is 3.32. The Hall–Kier alpha value is -0.0700. The van der Waals surface area contributed by atoms with Gasteiger partial charge in [-0.25, -0.2) is 8.42 Å². The number of carbonyl (C=O) groups is 1. The Balaban J connectivity index is 2.25. The summed E-state index contributed by atoms with van der Waals surface area (Å²) in [6.07, 6.45) is 0.630. The molecule has 1 fully saturated rings. The maximum atomic E-state index is 11.6. The molecule has 1 aliphatic rings. The van der Waals surface area contributed by atoms with Crippen molar-refractivity contribution in [2.75, 3.05) is 29.6 Å². The summed E-state index contributed by atoms with van der Waals surface area (Å²) < 4.78 is 22.4. The molecule has 6 heteroatoms. The van der Waals surface area contributed by atoms with Crippen LogP contribution in [0.5, 0.6) is 0 Å².